The van der Waals surface area contributed by atoms with Crippen molar-refractivity contribution in [1.82, 2.24) is 0 Å². The van der Waals surface area contributed by atoms with E-state index in [1.54, 1.807) is 6.92 Å². The average molecular weight is 229 g/mol. The topological polar surface area (TPSA) is 0 Å². The Balaban J connectivity index is 3.40. The summed E-state index contributed by atoms with van der Waals surface area (Å²) in [5.41, 5.74) is 0.439. The molecule has 66 valence electrons. The van der Waals surface area contributed by atoms with Crippen LogP contribution in [0, 0.1) is 18.6 Å². The first-order valence-corrected chi connectivity index (χ1v) is 5.02. The molecule has 0 heterocycles. The van der Waals surface area contributed by atoms with E-state index >= 15 is 0 Å². The fraction of sp³-hybridized carbons (Fsp3) is 0.143. The van der Waals surface area contributed by atoms with Crippen LogP contribution < -0.4 is 0 Å². The Kier molecular flexibility index (Phi) is 3.21. The Bertz CT molecular complexity index is 315. The molecule has 0 saturated heterocycles. The van der Waals surface area contributed by atoms with Crippen LogP contribution in [0.15, 0.2) is 11.0 Å². The number of benzene rings is 1. The average Bonchev–Trinajstić information content (AvgIpc) is 2.01. The molecule has 12 heavy (non-hydrogen) atoms. The van der Waals surface area contributed by atoms with Gasteiger partial charge in [-0.2, -0.15) is 0 Å². The fourth-order valence-electron chi connectivity index (χ4n) is 0.791. The third-order valence-electron chi connectivity index (χ3n) is 1.38. The highest BCUT2D eigenvalue weighted by Gasteiger charge is 2.14. The molecule has 0 radical (unpaired) electrons. The second-order valence-corrected chi connectivity index (χ2v) is 3.61. The van der Waals surface area contributed by atoms with Crippen molar-refractivity contribution in [2.45, 2.75) is 11.8 Å². The van der Waals surface area contributed by atoms with Crippen molar-refractivity contribution >= 4 is 33.3 Å². The monoisotopic (exact) mass is 228 g/mol. The molecule has 0 atom stereocenters. The Labute approximate surface area is 82.4 Å². The predicted octanol–water partition coefficient (Wildman–Crippen LogP) is 4.17. The van der Waals surface area contributed by atoms with E-state index in [1.807, 2.05) is 0 Å². The van der Waals surface area contributed by atoms with Gasteiger partial charge in [0.2, 0.25) is 0 Å². The lowest BCUT2D eigenvalue weighted by Gasteiger charge is -2.04. The molecule has 1 rings (SSSR count). The van der Waals surface area contributed by atoms with Crippen molar-refractivity contribution in [2.24, 2.45) is 0 Å². The molecule has 0 nitrogen and oxygen atoms in total. The summed E-state index contributed by atoms with van der Waals surface area (Å²) in [7, 11) is 6.05. The van der Waals surface area contributed by atoms with Crippen LogP contribution in [0.25, 0.3) is 0 Å². The summed E-state index contributed by atoms with van der Waals surface area (Å²) in [6, 6.07) is 1.15. The Hall–Kier alpha value is 0.01000. The van der Waals surface area contributed by atoms with Crippen LogP contribution in [0.5, 0.6) is 0 Å². The van der Waals surface area contributed by atoms with Crippen molar-refractivity contribution < 1.29 is 8.78 Å². The van der Waals surface area contributed by atoms with Crippen molar-refractivity contribution in [2.75, 3.05) is 0 Å². The summed E-state index contributed by atoms with van der Waals surface area (Å²) in [5, 5.41) is -0.510. The summed E-state index contributed by atoms with van der Waals surface area (Å²) in [6.07, 6.45) is 0. The van der Waals surface area contributed by atoms with Crippen molar-refractivity contribution in [3.05, 3.63) is 28.3 Å². The predicted molar refractivity (Wildman–Crippen MR) is 47.8 cm³/mol. The number of aryl methyl sites for hydroxylation is 1. The van der Waals surface area contributed by atoms with Gasteiger partial charge < -0.3 is 0 Å². The highest BCUT2D eigenvalue weighted by atomic mass is 35.7. The third-order valence-corrected chi connectivity index (χ3v) is 2.85. The molecule has 1 aromatic carbocycles. The van der Waals surface area contributed by atoms with E-state index in [2.05, 4.69) is 0 Å². The lowest BCUT2D eigenvalue weighted by molar-refractivity contribution is 0.564. The summed E-state index contributed by atoms with van der Waals surface area (Å²) in [4.78, 5) is 0.170. The van der Waals surface area contributed by atoms with Crippen molar-refractivity contribution in [3.63, 3.8) is 0 Å². The number of hydrogen-bond donors (Lipinski definition) is 0. The van der Waals surface area contributed by atoms with E-state index in [0.29, 0.717) is 16.5 Å². The van der Waals surface area contributed by atoms with Gasteiger partial charge in [0.1, 0.15) is 10.8 Å². The molecule has 0 saturated carbocycles. The van der Waals surface area contributed by atoms with E-state index in [1.165, 1.54) is 0 Å². The van der Waals surface area contributed by atoms with Gasteiger partial charge in [0.15, 0.2) is 5.82 Å². The molecule has 0 bridgehead atoms. The summed E-state index contributed by atoms with van der Waals surface area (Å²) >= 11 is 5.31. The largest absolute Gasteiger partial charge is 0.205 e. The highest BCUT2D eigenvalue weighted by Crippen LogP contribution is 2.33. The lowest BCUT2D eigenvalue weighted by Crippen LogP contribution is -1.90. The molecule has 0 fully saturated rings. The molecule has 5 heteroatoms. The standard InChI is InChI=1S/C7H4Cl2F2S/c1-3-2-4(10)5(8)6(11)7(3)12-9/h2H,1H3. The smallest absolute Gasteiger partial charge is 0.159 e. The molecule has 0 N–H and O–H groups in total. The van der Waals surface area contributed by atoms with Crippen LogP contribution in [0.1, 0.15) is 5.56 Å². The quantitative estimate of drug-likeness (QED) is 0.651. The van der Waals surface area contributed by atoms with Crippen molar-refractivity contribution in [1.29, 1.82) is 0 Å². The summed E-state index contributed by atoms with van der Waals surface area (Å²) < 4.78 is 25.8. The number of rotatable bonds is 1. The van der Waals surface area contributed by atoms with Crippen LogP contribution in [0.2, 0.25) is 5.02 Å². The Morgan fingerprint density at radius 3 is 2.50 bits per heavy atom. The second kappa shape index (κ2) is 3.81. The molecule has 0 unspecified atom stereocenters. The first-order valence-electron chi connectivity index (χ1n) is 3.00. The zero-order chi connectivity index (χ0) is 9.30. The van der Waals surface area contributed by atoms with Gasteiger partial charge in [-0.3, -0.25) is 0 Å². The minimum absolute atomic E-state index is 0.170. The maximum atomic E-state index is 13.0. The maximum Gasteiger partial charge on any atom is 0.159 e. The van der Waals surface area contributed by atoms with Gasteiger partial charge in [-0.1, -0.05) is 11.6 Å². The van der Waals surface area contributed by atoms with Gasteiger partial charge in [-0.15, -0.1) is 0 Å². The van der Waals surface area contributed by atoms with Crippen LogP contribution in [-0.2, 0) is 0 Å². The number of hydrogen-bond acceptors (Lipinski definition) is 1. The lowest BCUT2D eigenvalue weighted by atomic mass is 10.2. The van der Waals surface area contributed by atoms with Crippen LogP contribution in [-0.4, -0.2) is 0 Å². The molecule has 0 aliphatic rings. The van der Waals surface area contributed by atoms with Gasteiger partial charge in [0.25, 0.3) is 0 Å². The molecule has 0 amide bonds. The first-order chi connectivity index (χ1) is 5.57. The Morgan fingerprint density at radius 1 is 1.42 bits per heavy atom. The fourth-order valence-corrected chi connectivity index (χ4v) is 1.92. The van der Waals surface area contributed by atoms with E-state index in [9.17, 15) is 8.78 Å². The highest BCUT2D eigenvalue weighted by molar-refractivity contribution is 8.21. The zero-order valence-corrected chi connectivity index (χ0v) is 8.33. The van der Waals surface area contributed by atoms with Gasteiger partial charge >= 0.3 is 0 Å². The van der Waals surface area contributed by atoms with Gasteiger partial charge in [0, 0.05) is 0 Å². The number of halogens is 4. The first kappa shape index (κ1) is 10.1. The molecular formula is C7H4Cl2F2S. The Morgan fingerprint density at radius 2 is 2.00 bits per heavy atom. The molecule has 0 aliphatic heterocycles. The van der Waals surface area contributed by atoms with Crippen LogP contribution >= 0.6 is 33.3 Å². The minimum Gasteiger partial charge on any atom is -0.205 e. The molecule has 1 aromatic rings. The molecule has 0 aliphatic carbocycles. The normalized spacial score (nSPS) is 10.4. The molecule has 0 aromatic heterocycles. The van der Waals surface area contributed by atoms with E-state index in [0.717, 1.165) is 6.07 Å². The third kappa shape index (κ3) is 1.68. The minimum atomic E-state index is -0.797. The van der Waals surface area contributed by atoms with E-state index < -0.39 is 16.7 Å². The van der Waals surface area contributed by atoms with Crippen LogP contribution in [0.4, 0.5) is 8.78 Å². The molecular weight excluding hydrogens is 225 g/mol. The van der Waals surface area contributed by atoms with Crippen molar-refractivity contribution in [3.8, 4) is 0 Å². The second-order valence-electron chi connectivity index (χ2n) is 2.21. The van der Waals surface area contributed by atoms with Gasteiger partial charge in [-0.25, -0.2) is 8.78 Å². The zero-order valence-electron chi connectivity index (χ0n) is 6.00. The molecule has 0 spiro atoms. The SMILES string of the molecule is Cc1cc(F)c(Cl)c(F)c1SCl. The van der Waals surface area contributed by atoms with E-state index in [-0.39, 0.29) is 4.90 Å². The van der Waals surface area contributed by atoms with Gasteiger partial charge in [-0.05, 0) is 40.2 Å². The summed E-state index contributed by atoms with van der Waals surface area (Å²) in [6.45, 7) is 1.56. The van der Waals surface area contributed by atoms with Gasteiger partial charge in [0.05, 0.1) is 4.90 Å². The maximum absolute atomic E-state index is 13.0. The van der Waals surface area contributed by atoms with E-state index in [4.69, 9.17) is 22.3 Å². The van der Waals surface area contributed by atoms with Crippen LogP contribution in [0.3, 0.4) is 0 Å². The summed E-state index contributed by atoms with van der Waals surface area (Å²) in [5.74, 6) is -1.56.